The van der Waals surface area contributed by atoms with Crippen molar-refractivity contribution in [1.29, 1.82) is 0 Å². The Bertz CT molecular complexity index is 787. The fourth-order valence-corrected chi connectivity index (χ4v) is 2.38. The van der Waals surface area contributed by atoms with Gasteiger partial charge in [-0.1, -0.05) is 18.2 Å². The minimum atomic E-state index is -0.103. The predicted molar refractivity (Wildman–Crippen MR) is 83.6 cm³/mol. The average Bonchev–Trinajstić information content (AvgIpc) is 2.47. The largest absolute Gasteiger partial charge is 0.508 e. The first-order chi connectivity index (χ1) is 10.1. The van der Waals surface area contributed by atoms with Crippen LogP contribution < -0.4 is 5.32 Å². The van der Waals surface area contributed by atoms with Gasteiger partial charge in [0.15, 0.2) is 0 Å². The van der Waals surface area contributed by atoms with Crippen LogP contribution in [0.1, 0.15) is 18.5 Å². The number of phenolic OH excluding ortho intramolecular Hbond substituents is 2. The number of para-hydroxylation sites is 1. The minimum Gasteiger partial charge on any atom is -0.508 e. The van der Waals surface area contributed by atoms with Crippen molar-refractivity contribution in [1.82, 2.24) is 4.98 Å². The molecule has 0 bridgehead atoms. The molecule has 0 radical (unpaired) electrons. The molecule has 1 heterocycles. The summed E-state index contributed by atoms with van der Waals surface area (Å²) in [6.07, 6.45) is 1.77. The van der Waals surface area contributed by atoms with E-state index in [0.29, 0.717) is 0 Å². The van der Waals surface area contributed by atoms with E-state index in [0.717, 1.165) is 22.2 Å². The molecule has 106 valence electrons. The van der Waals surface area contributed by atoms with Crippen molar-refractivity contribution in [3.05, 3.63) is 60.3 Å². The summed E-state index contributed by atoms with van der Waals surface area (Å²) in [6, 6.07) is 14.4. The maximum atomic E-state index is 9.90. The molecule has 1 unspecified atom stereocenters. The molecule has 0 saturated heterocycles. The Morgan fingerprint density at radius 2 is 1.86 bits per heavy atom. The molecule has 0 aliphatic rings. The molecular formula is C17H16N2O2. The number of benzene rings is 2. The number of aromatic nitrogens is 1. The Morgan fingerprint density at radius 3 is 2.67 bits per heavy atom. The van der Waals surface area contributed by atoms with Crippen LogP contribution in [-0.2, 0) is 0 Å². The van der Waals surface area contributed by atoms with Gasteiger partial charge in [-0.2, -0.15) is 0 Å². The molecule has 3 N–H and O–H groups in total. The van der Waals surface area contributed by atoms with Gasteiger partial charge in [0.25, 0.3) is 0 Å². The van der Waals surface area contributed by atoms with Gasteiger partial charge in [-0.05, 0) is 31.2 Å². The molecule has 2 aromatic carbocycles. The van der Waals surface area contributed by atoms with E-state index in [9.17, 15) is 10.2 Å². The first-order valence-electron chi connectivity index (χ1n) is 6.77. The average molecular weight is 280 g/mol. The van der Waals surface area contributed by atoms with Crippen LogP contribution in [0, 0.1) is 0 Å². The quantitative estimate of drug-likeness (QED) is 0.682. The van der Waals surface area contributed by atoms with Crippen LogP contribution in [-0.4, -0.2) is 15.2 Å². The van der Waals surface area contributed by atoms with Gasteiger partial charge in [-0.25, -0.2) is 0 Å². The van der Waals surface area contributed by atoms with Gasteiger partial charge >= 0.3 is 0 Å². The summed E-state index contributed by atoms with van der Waals surface area (Å²) < 4.78 is 0. The standard InChI is InChI=1S/C17H16N2O2/c1-11(15-7-6-14(20)9-17(15)21)19-13-8-12-4-2-3-5-16(12)18-10-13/h2-11,19-21H,1H3. The van der Waals surface area contributed by atoms with Crippen molar-refractivity contribution in [2.75, 3.05) is 5.32 Å². The smallest absolute Gasteiger partial charge is 0.124 e. The van der Waals surface area contributed by atoms with Gasteiger partial charge in [-0.3, -0.25) is 4.98 Å². The number of pyridine rings is 1. The van der Waals surface area contributed by atoms with Crippen molar-refractivity contribution in [3.63, 3.8) is 0 Å². The minimum absolute atomic E-state index is 0.0517. The molecular weight excluding hydrogens is 264 g/mol. The molecule has 0 spiro atoms. The van der Waals surface area contributed by atoms with E-state index in [1.807, 2.05) is 37.3 Å². The first-order valence-corrected chi connectivity index (χ1v) is 6.77. The lowest BCUT2D eigenvalue weighted by Crippen LogP contribution is -2.07. The van der Waals surface area contributed by atoms with Crippen molar-refractivity contribution < 1.29 is 10.2 Å². The second-order valence-electron chi connectivity index (χ2n) is 5.03. The van der Waals surface area contributed by atoms with Crippen LogP contribution in [0.2, 0.25) is 0 Å². The molecule has 1 aromatic heterocycles. The Hall–Kier alpha value is -2.75. The Balaban J connectivity index is 1.87. The number of phenols is 2. The zero-order valence-electron chi connectivity index (χ0n) is 11.6. The number of fused-ring (bicyclic) bond motifs is 1. The third-order valence-electron chi connectivity index (χ3n) is 3.45. The molecule has 3 aromatic rings. The molecule has 0 aliphatic carbocycles. The van der Waals surface area contributed by atoms with Crippen LogP contribution in [0.4, 0.5) is 5.69 Å². The highest BCUT2D eigenvalue weighted by Gasteiger charge is 2.11. The van der Waals surface area contributed by atoms with Crippen LogP contribution in [0.25, 0.3) is 10.9 Å². The lowest BCUT2D eigenvalue weighted by Gasteiger charge is -2.17. The summed E-state index contributed by atoms with van der Waals surface area (Å²) in [5, 5.41) is 23.6. The van der Waals surface area contributed by atoms with Crippen molar-refractivity contribution >= 4 is 16.6 Å². The van der Waals surface area contributed by atoms with Crippen LogP contribution >= 0.6 is 0 Å². The van der Waals surface area contributed by atoms with E-state index in [1.165, 1.54) is 6.07 Å². The summed E-state index contributed by atoms with van der Waals surface area (Å²) in [5.74, 6) is 0.125. The molecule has 0 saturated carbocycles. The third-order valence-corrected chi connectivity index (χ3v) is 3.45. The van der Waals surface area contributed by atoms with Gasteiger partial charge in [0, 0.05) is 17.0 Å². The van der Waals surface area contributed by atoms with Gasteiger partial charge in [0.1, 0.15) is 11.5 Å². The van der Waals surface area contributed by atoms with Crippen molar-refractivity contribution in [2.24, 2.45) is 0 Å². The fourth-order valence-electron chi connectivity index (χ4n) is 2.38. The molecule has 1 atom stereocenters. The molecule has 21 heavy (non-hydrogen) atoms. The highest BCUT2D eigenvalue weighted by molar-refractivity contribution is 5.81. The van der Waals surface area contributed by atoms with E-state index in [1.54, 1.807) is 18.3 Å². The van der Waals surface area contributed by atoms with Crippen molar-refractivity contribution in [3.8, 4) is 11.5 Å². The van der Waals surface area contributed by atoms with E-state index in [2.05, 4.69) is 10.3 Å². The van der Waals surface area contributed by atoms with E-state index < -0.39 is 0 Å². The zero-order chi connectivity index (χ0) is 14.8. The molecule has 0 amide bonds. The summed E-state index contributed by atoms with van der Waals surface area (Å²) >= 11 is 0. The highest BCUT2D eigenvalue weighted by Crippen LogP contribution is 2.30. The Labute approximate surface area is 122 Å². The number of nitrogens with one attached hydrogen (secondary N) is 1. The molecule has 4 nitrogen and oxygen atoms in total. The number of aromatic hydroxyl groups is 2. The summed E-state index contributed by atoms with van der Waals surface area (Å²) in [4.78, 5) is 4.40. The SMILES string of the molecule is CC(Nc1cnc2ccccc2c1)c1ccc(O)cc1O. The lowest BCUT2D eigenvalue weighted by molar-refractivity contribution is 0.444. The van der Waals surface area contributed by atoms with E-state index in [-0.39, 0.29) is 17.5 Å². The number of hydrogen-bond acceptors (Lipinski definition) is 4. The van der Waals surface area contributed by atoms with E-state index >= 15 is 0 Å². The Kier molecular flexibility index (Phi) is 3.36. The molecule has 4 heteroatoms. The maximum absolute atomic E-state index is 9.90. The predicted octanol–water partition coefficient (Wildman–Crippen LogP) is 3.82. The topological polar surface area (TPSA) is 65.4 Å². The van der Waals surface area contributed by atoms with Gasteiger partial charge in [0.2, 0.25) is 0 Å². The maximum Gasteiger partial charge on any atom is 0.124 e. The monoisotopic (exact) mass is 280 g/mol. The number of nitrogens with zero attached hydrogens (tertiary/aromatic N) is 1. The number of hydrogen-bond donors (Lipinski definition) is 3. The third kappa shape index (κ3) is 2.74. The second-order valence-corrected chi connectivity index (χ2v) is 5.03. The van der Waals surface area contributed by atoms with E-state index in [4.69, 9.17) is 0 Å². The molecule has 0 fully saturated rings. The summed E-state index contributed by atoms with van der Waals surface area (Å²) in [7, 11) is 0. The fraction of sp³-hybridized carbons (Fsp3) is 0.118. The van der Waals surface area contributed by atoms with Crippen LogP contribution in [0.15, 0.2) is 54.7 Å². The second kappa shape index (κ2) is 5.32. The van der Waals surface area contributed by atoms with Crippen LogP contribution in [0.3, 0.4) is 0 Å². The number of rotatable bonds is 3. The van der Waals surface area contributed by atoms with Crippen LogP contribution in [0.5, 0.6) is 11.5 Å². The highest BCUT2D eigenvalue weighted by atomic mass is 16.3. The molecule has 0 aliphatic heterocycles. The summed E-state index contributed by atoms with van der Waals surface area (Å²) in [5.41, 5.74) is 2.55. The number of anilines is 1. The van der Waals surface area contributed by atoms with Crippen molar-refractivity contribution in [2.45, 2.75) is 13.0 Å². The van der Waals surface area contributed by atoms with Gasteiger partial charge in [0.05, 0.1) is 23.4 Å². The molecule has 3 rings (SSSR count). The van der Waals surface area contributed by atoms with Gasteiger partial charge in [-0.15, -0.1) is 0 Å². The first kappa shape index (κ1) is 13.2. The normalized spacial score (nSPS) is 12.2. The Morgan fingerprint density at radius 1 is 1.05 bits per heavy atom. The summed E-state index contributed by atoms with van der Waals surface area (Å²) in [6.45, 7) is 1.95. The zero-order valence-corrected chi connectivity index (χ0v) is 11.6. The lowest BCUT2D eigenvalue weighted by atomic mass is 10.1. The van der Waals surface area contributed by atoms with Gasteiger partial charge < -0.3 is 15.5 Å².